The molecule has 0 bridgehead atoms. The lowest BCUT2D eigenvalue weighted by molar-refractivity contribution is -0.117. The molecule has 142 valence electrons. The molecule has 2 amide bonds. The Morgan fingerprint density at radius 3 is 2.69 bits per heavy atom. The van der Waals surface area contributed by atoms with Gasteiger partial charge in [-0.05, 0) is 25.7 Å². The van der Waals surface area contributed by atoms with E-state index >= 15 is 0 Å². The summed E-state index contributed by atoms with van der Waals surface area (Å²) >= 11 is 1.52. The van der Waals surface area contributed by atoms with Crippen molar-refractivity contribution < 1.29 is 9.59 Å². The van der Waals surface area contributed by atoms with Crippen LogP contribution in [-0.2, 0) is 16.1 Å². The Hall–Kier alpha value is -1.73. The third-order valence-electron chi connectivity index (χ3n) is 5.00. The predicted octanol–water partition coefficient (Wildman–Crippen LogP) is 3.07. The molecule has 6 nitrogen and oxygen atoms in total. The monoisotopic (exact) mass is 376 g/mol. The van der Waals surface area contributed by atoms with E-state index in [2.05, 4.69) is 20.5 Å². The second kappa shape index (κ2) is 9.28. The van der Waals surface area contributed by atoms with Crippen LogP contribution in [0.15, 0.2) is 17.8 Å². The molecule has 1 aliphatic carbocycles. The molecule has 0 unspecified atom stereocenters. The van der Waals surface area contributed by atoms with Gasteiger partial charge in [0.05, 0.1) is 0 Å². The molecule has 2 heterocycles. The lowest BCUT2D eigenvalue weighted by Gasteiger charge is -2.28. The molecular weight excluding hydrogens is 348 g/mol. The Kier molecular flexibility index (Phi) is 6.80. The molecule has 1 saturated heterocycles. The van der Waals surface area contributed by atoms with Crippen LogP contribution in [0.2, 0.25) is 0 Å². The Bertz CT molecular complexity index is 654. The van der Waals surface area contributed by atoms with Gasteiger partial charge in [0.1, 0.15) is 0 Å². The van der Waals surface area contributed by atoms with E-state index in [4.69, 9.17) is 0 Å². The normalized spacial score (nSPS) is 19.2. The van der Waals surface area contributed by atoms with Gasteiger partial charge < -0.3 is 10.6 Å². The number of thiazole rings is 1. The molecule has 2 N–H and O–H groups in total. The van der Waals surface area contributed by atoms with Crippen LogP contribution in [0.3, 0.4) is 0 Å². The zero-order chi connectivity index (χ0) is 18.4. The number of aromatic nitrogens is 1. The molecule has 1 aromatic rings. The van der Waals surface area contributed by atoms with Crippen LogP contribution in [0.25, 0.3) is 0 Å². The highest BCUT2D eigenvalue weighted by molar-refractivity contribution is 7.15. The maximum atomic E-state index is 12.2. The van der Waals surface area contributed by atoms with Gasteiger partial charge in [0.2, 0.25) is 11.8 Å². The predicted molar refractivity (Wildman–Crippen MR) is 104 cm³/mol. The molecule has 26 heavy (non-hydrogen) atoms. The van der Waals surface area contributed by atoms with E-state index in [1.54, 1.807) is 0 Å². The number of likely N-dealkylation sites (tertiary alicyclic amines) is 1. The molecule has 0 atom stereocenters. The second-order valence-electron chi connectivity index (χ2n) is 7.24. The van der Waals surface area contributed by atoms with Crippen LogP contribution in [0.4, 0.5) is 5.13 Å². The Morgan fingerprint density at radius 2 is 2.00 bits per heavy atom. The Morgan fingerprint density at radius 1 is 1.27 bits per heavy atom. The summed E-state index contributed by atoms with van der Waals surface area (Å²) in [4.78, 5) is 31.0. The highest BCUT2D eigenvalue weighted by Crippen LogP contribution is 2.23. The number of rotatable bonds is 5. The molecule has 1 aromatic heterocycles. The van der Waals surface area contributed by atoms with E-state index in [0.29, 0.717) is 11.2 Å². The second-order valence-corrected chi connectivity index (χ2v) is 8.35. The summed E-state index contributed by atoms with van der Waals surface area (Å²) in [6.45, 7) is 4.24. The van der Waals surface area contributed by atoms with Crippen LogP contribution in [0, 0.1) is 0 Å². The van der Waals surface area contributed by atoms with Crippen molar-refractivity contribution in [2.45, 2.75) is 64.5 Å². The van der Waals surface area contributed by atoms with Crippen molar-refractivity contribution >= 4 is 28.3 Å². The summed E-state index contributed by atoms with van der Waals surface area (Å²) in [6, 6.07) is 0.373. The minimum absolute atomic E-state index is 0.0859. The third-order valence-corrected chi connectivity index (χ3v) is 5.90. The third kappa shape index (κ3) is 5.92. The quantitative estimate of drug-likeness (QED) is 0.775. The van der Waals surface area contributed by atoms with Crippen LogP contribution < -0.4 is 10.6 Å². The summed E-state index contributed by atoms with van der Waals surface area (Å²) in [6.07, 6.45) is 11.6. The first-order valence-corrected chi connectivity index (χ1v) is 10.3. The van der Waals surface area contributed by atoms with Gasteiger partial charge >= 0.3 is 0 Å². The first-order chi connectivity index (χ1) is 12.6. The van der Waals surface area contributed by atoms with Crippen LogP contribution >= 0.6 is 11.3 Å². The Labute approximate surface area is 159 Å². The minimum atomic E-state index is -0.0924. The maximum Gasteiger partial charge on any atom is 0.244 e. The van der Waals surface area contributed by atoms with Crippen molar-refractivity contribution in [3.8, 4) is 0 Å². The van der Waals surface area contributed by atoms with Crippen molar-refractivity contribution in [2.75, 3.05) is 18.4 Å². The minimum Gasteiger partial charge on any atom is -0.350 e. The zero-order valence-electron chi connectivity index (χ0n) is 15.4. The van der Waals surface area contributed by atoms with Crippen molar-refractivity contribution in [1.82, 2.24) is 15.2 Å². The number of carbonyl (C=O) groups is 2. The summed E-state index contributed by atoms with van der Waals surface area (Å²) < 4.78 is 0. The molecule has 2 aliphatic rings. The molecule has 0 spiro atoms. The average molecular weight is 377 g/mol. The molecule has 1 saturated carbocycles. The first-order valence-electron chi connectivity index (χ1n) is 9.53. The number of nitrogens with one attached hydrogen (secondary N) is 2. The summed E-state index contributed by atoms with van der Waals surface area (Å²) in [5.41, 5.74) is 1.25. The van der Waals surface area contributed by atoms with Crippen molar-refractivity contribution in [3.05, 3.63) is 22.7 Å². The fraction of sp³-hybridized carbons (Fsp3) is 0.632. The van der Waals surface area contributed by atoms with E-state index in [1.165, 1.54) is 43.1 Å². The number of hydrogen-bond acceptors (Lipinski definition) is 5. The summed E-state index contributed by atoms with van der Waals surface area (Å²) in [5.74, 6) is -0.00656. The fourth-order valence-electron chi connectivity index (χ4n) is 3.63. The number of anilines is 1. The zero-order valence-corrected chi connectivity index (χ0v) is 16.2. The molecule has 0 aromatic carbocycles. The lowest BCUT2D eigenvalue weighted by Crippen LogP contribution is -2.36. The van der Waals surface area contributed by atoms with Crippen LogP contribution in [0.5, 0.6) is 0 Å². The molecule has 7 heteroatoms. The number of piperidine rings is 1. The van der Waals surface area contributed by atoms with Gasteiger partial charge in [-0.15, -0.1) is 11.3 Å². The van der Waals surface area contributed by atoms with Gasteiger partial charge in [-0.3, -0.25) is 14.5 Å². The van der Waals surface area contributed by atoms with E-state index in [0.717, 1.165) is 50.2 Å². The van der Waals surface area contributed by atoms with Crippen LogP contribution in [0.1, 0.15) is 56.7 Å². The van der Waals surface area contributed by atoms with E-state index in [-0.39, 0.29) is 11.8 Å². The largest absolute Gasteiger partial charge is 0.350 e. The molecule has 0 radical (unpaired) electrons. The average Bonchev–Trinajstić information content (AvgIpc) is 3.03. The van der Waals surface area contributed by atoms with Gasteiger partial charge in [0, 0.05) is 49.7 Å². The Balaban J connectivity index is 1.42. The highest BCUT2D eigenvalue weighted by atomic mass is 32.1. The molecule has 2 fully saturated rings. The van der Waals surface area contributed by atoms with Gasteiger partial charge in [0.15, 0.2) is 5.13 Å². The van der Waals surface area contributed by atoms with Crippen LogP contribution in [-0.4, -0.2) is 40.8 Å². The van der Waals surface area contributed by atoms with E-state index in [1.807, 2.05) is 12.3 Å². The number of amides is 2. The first kappa shape index (κ1) is 19.0. The summed E-state index contributed by atoms with van der Waals surface area (Å²) in [7, 11) is 0. The topological polar surface area (TPSA) is 74.3 Å². The molecular formula is C19H28N4O2S. The lowest BCUT2D eigenvalue weighted by atomic mass is 9.95. The fourth-order valence-corrected chi connectivity index (χ4v) is 4.53. The summed E-state index contributed by atoms with van der Waals surface area (Å²) in [5, 5.41) is 6.54. The number of nitrogens with zero attached hydrogens (tertiary/aromatic N) is 2. The van der Waals surface area contributed by atoms with Crippen molar-refractivity contribution in [2.24, 2.45) is 0 Å². The molecule has 1 aliphatic heterocycles. The number of carbonyl (C=O) groups excluding carboxylic acids is 2. The van der Waals surface area contributed by atoms with Crippen molar-refractivity contribution in [1.29, 1.82) is 0 Å². The SMILES string of the molecule is CC(=O)Nc1ncc(CN2CCC(=CC(=O)NC3CCCCC3)CC2)s1. The van der Waals surface area contributed by atoms with Gasteiger partial charge in [0.25, 0.3) is 0 Å². The highest BCUT2D eigenvalue weighted by Gasteiger charge is 2.18. The number of hydrogen-bond donors (Lipinski definition) is 2. The van der Waals surface area contributed by atoms with Gasteiger partial charge in [-0.2, -0.15) is 0 Å². The standard InChI is InChI=1S/C19H28N4O2S/c1-14(24)21-19-20-12-17(26-19)13-23-9-7-15(8-10-23)11-18(25)22-16-5-3-2-4-6-16/h11-12,16H,2-10,13H2,1H3,(H,22,25)(H,20,21,24). The van der Waals surface area contributed by atoms with Gasteiger partial charge in [-0.25, -0.2) is 4.98 Å². The van der Waals surface area contributed by atoms with E-state index < -0.39 is 0 Å². The van der Waals surface area contributed by atoms with Gasteiger partial charge in [-0.1, -0.05) is 24.8 Å². The smallest absolute Gasteiger partial charge is 0.244 e. The van der Waals surface area contributed by atoms with Crippen molar-refractivity contribution in [3.63, 3.8) is 0 Å². The van der Waals surface area contributed by atoms with E-state index in [9.17, 15) is 9.59 Å². The maximum absolute atomic E-state index is 12.2. The molecule has 3 rings (SSSR count).